The smallest absolute Gasteiger partial charge is 0.224 e. The van der Waals surface area contributed by atoms with Gasteiger partial charge in [-0.1, -0.05) is 18.2 Å². The van der Waals surface area contributed by atoms with Crippen LogP contribution in [0.15, 0.2) is 24.3 Å². The van der Waals surface area contributed by atoms with Crippen LogP contribution in [0, 0.1) is 5.41 Å². The fourth-order valence-electron chi connectivity index (χ4n) is 2.11. The van der Waals surface area contributed by atoms with Crippen molar-refractivity contribution in [2.24, 2.45) is 5.41 Å². The normalized spacial score (nSPS) is 16.0. The van der Waals surface area contributed by atoms with Crippen LogP contribution < -0.4 is 10.1 Å². The third-order valence-corrected chi connectivity index (χ3v) is 3.64. The third kappa shape index (κ3) is 3.97. The van der Waals surface area contributed by atoms with Crippen molar-refractivity contribution in [3.8, 4) is 5.75 Å². The molecular weight excluding hydrogens is 254 g/mol. The minimum Gasteiger partial charge on any atom is -0.491 e. The zero-order chi connectivity index (χ0) is 14.6. The van der Waals surface area contributed by atoms with Crippen molar-refractivity contribution in [1.82, 2.24) is 5.32 Å². The summed E-state index contributed by atoms with van der Waals surface area (Å²) in [5.41, 5.74) is 0.844. The van der Waals surface area contributed by atoms with Gasteiger partial charge in [-0.2, -0.15) is 0 Å². The van der Waals surface area contributed by atoms with Crippen LogP contribution >= 0.6 is 0 Å². The van der Waals surface area contributed by atoms with E-state index >= 15 is 0 Å². The molecule has 20 heavy (non-hydrogen) atoms. The van der Waals surface area contributed by atoms with Crippen LogP contribution in [0.2, 0.25) is 0 Å². The summed E-state index contributed by atoms with van der Waals surface area (Å²) in [6.07, 6.45) is 2.39. The number of para-hydroxylation sites is 1. The second-order valence-electron chi connectivity index (χ2n) is 5.89. The number of benzene rings is 1. The minimum absolute atomic E-state index is 0.0236. The first-order chi connectivity index (χ1) is 9.54. The van der Waals surface area contributed by atoms with Gasteiger partial charge in [0.15, 0.2) is 0 Å². The molecule has 4 heteroatoms. The summed E-state index contributed by atoms with van der Waals surface area (Å²) < 4.78 is 5.71. The number of hydrogen-bond donors (Lipinski definition) is 2. The summed E-state index contributed by atoms with van der Waals surface area (Å²) >= 11 is 0. The van der Waals surface area contributed by atoms with E-state index in [0.29, 0.717) is 13.0 Å². The Bertz CT molecular complexity index is 467. The van der Waals surface area contributed by atoms with Crippen molar-refractivity contribution in [3.63, 3.8) is 0 Å². The highest BCUT2D eigenvalue weighted by Crippen LogP contribution is 2.44. The zero-order valence-electron chi connectivity index (χ0n) is 12.2. The molecule has 0 aromatic heterocycles. The van der Waals surface area contributed by atoms with E-state index in [2.05, 4.69) is 5.32 Å². The van der Waals surface area contributed by atoms with Crippen LogP contribution in [0.3, 0.4) is 0 Å². The van der Waals surface area contributed by atoms with Crippen molar-refractivity contribution < 1.29 is 14.6 Å². The van der Waals surface area contributed by atoms with E-state index in [0.717, 1.165) is 24.2 Å². The molecule has 0 bridgehead atoms. The topological polar surface area (TPSA) is 58.6 Å². The Morgan fingerprint density at radius 3 is 2.70 bits per heavy atom. The molecule has 0 atom stereocenters. The highest BCUT2D eigenvalue weighted by Gasteiger charge is 2.42. The molecule has 2 rings (SSSR count). The molecule has 1 fully saturated rings. The number of amides is 1. The van der Waals surface area contributed by atoms with Gasteiger partial charge >= 0.3 is 0 Å². The maximum Gasteiger partial charge on any atom is 0.224 e. The van der Waals surface area contributed by atoms with Crippen LogP contribution in [-0.2, 0) is 11.2 Å². The molecule has 1 saturated carbocycles. The average molecular weight is 277 g/mol. The molecule has 1 aliphatic carbocycles. The quantitative estimate of drug-likeness (QED) is 0.800. The highest BCUT2D eigenvalue weighted by atomic mass is 16.5. The van der Waals surface area contributed by atoms with E-state index in [4.69, 9.17) is 4.74 Å². The first kappa shape index (κ1) is 14.9. The average Bonchev–Trinajstić information content (AvgIpc) is 3.19. The van der Waals surface area contributed by atoms with Gasteiger partial charge in [-0.25, -0.2) is 0 Å². The van der Waals surface area contributed by atoms with E-state index in [-0.39, 0.29) is 24.0 Å². The van der Waals surface area contributed by atoms with Gasteiger partial charge in [-0.05, 0) is 32.8 Å². The fraction of sp³-hybridized carbons (Fsp3) is 0.562. The molecule has 1 aromatic rings. The predicted molar refractivity (Wildman–Crippen MR) is 77.7 cm³/mol. The maximum absolute atomic E-state index is 12.0. The molecule has 0 spiro atoms. The minimum atomic E-state index is -0.0520. The molecule has 0 aliphatic heterocycles. The molecule has 1 aromatic carbocycles. The highest BCUT2D eigenvalue weighted by molar-refractivity contribution is 5.79. The molecule has 1 amide bonds. The second kappa shape index (κ2) is 6.27. The molecular formula is C16H23NO3. The van der Waals surface area contributed by atoms with Crippen LogP contribution in [0.25, 0.3) is 0 Å². The Balaban J connectivity index is 1.90. The van der Waals surface area contributed by atoms with E-state index < -0.39 is 0 Å². The van der Waals surface area contributed by atoms with Gasteiger partial charge < -0.3 is 15.2 Å². The van der Waals surface area contributed by atoms with Crippen molar-refractivity contribution in [2.45, 2.75) is 39.2 Å². The summed E-state index contributed by atoms with van der Waals surface area (Å²) in [4.78, 5) is 12.0. The maximum atomic E-state index is 12.0. The first-order valence-corrected chi connectivity index (χ1v) is 7.17. The summed E-state index contributed by atoms with van der Waals surface area (Å²) in [7, 11) is 0. The van der Waals surface area contributed by atoms with Gasteiger partial charge in [0.05, 0.1) is 19.1 Å². The molecule has 0 heterocycles. The standard InChI is InChI=1S/C16H23NO3/c1-12(2)20-14-6-4-3-5-13(14)9-15(19)17-10-16(11-18)7-8-16/h3-6,12,18H,7-11H2,1-2H3,(H,17,19). The number of aliphatic hydroxyl groups is 1. The largest absolute Gasteiger partial charge is 0.491 e. The number of hydrogen-bond acceptors (Lipinski definition) is 3. The summed E-state index contributed by atoms with van der Waals surface area (Å²) in [6, 6.07) is 7.62. The molecule has 0 saturated heterocycles. The molecule has 4 nitrogen and oxygen atoms in total. The molecule has 0 radical (unpaired) electrons. The van der Waals surface area contributed by atoms with Crippen LogP contribution in [0.1, 0.15) is 32.3 Å². The van der Waals surface area contributed by atoms with Crippen molar-refractivity contribution in [3.05, 3.63) is 29.8 Å². The van der Waals surface area contributed by atoms with Gasteiger partial charge in [0.1, 0.15) is 5.75 Å². The summed E-state index contributed by atoms with van der Waals surface area (Å²) in [5.74, 6) is 0.741. The number of nitrogens with one attached hydrogen (secondary N) is 1. The Hall–Kier alpha value is -1.55. The Kier molecular flexibility index (Phi) is 4.65. The Morgan fingerprint density at radius 2 is 2.10 bits per heavy atom. The van der Waals surface area contributed by atoms with Gasteiger partial charge in [0.2, 0.25) is 5.91 Å². The lowest BCUT2D eigenvalue weighted by Crippen LogP contribution is -2.33. The number of rotatable bonds is 7. The monoisotopic (exact) mass is 277 g/mol. The fourth-order valence-corrected chi connectivity index (χ4v) is 2.11. The van der Waals surface area contributed by atoms with Gasteiger partial charge in [-0.15, -0.1) is 0 Å². The van der Waals surface area contributed by atoms with Crippen LogP contribution in [0.4, 0.5) is 0 Å². The van der Waals surface area contributed by atoms with Crippen LogP contribution in [-0.4, -0.2) is 30.3 Å². The van der Waals surface area contributed by atoms with Gasteiger partial charge in [0.25, 0.3) is 0 Å². The molecule has 1 aliphatic rings. The number of carbonyl (C=O) groups is 1. The molecule has 0 unspecified atom stereocenters. The lowest BCUT2D eigenvalue weighted by Gasteiger charge is -2.15. The summed E-state index contributed by atoms with van der Waals surface area (Å²) in [6.45, 7) is 4.65. The second-order valence-corrected chi connectivity index (χ2v) is 5.89. The van der Waals surface area contributed by atoms with E-state index in [1.807, 2.05) is 38.1 Å². The van der Waals surface area contributed by atoms with Crippen molar-refractivity contribution in [1.29, 1.82) is 0 Å². The van der Waals surface area contributed by atoms with Crippen LogP contribution in [0.5, 0.6) is 5.75 Å². The van der Waals surface area contributed by atoms with E-state index in [1.165, 1.54) is 0 Å². The molecule has 2 N–H and O–H groups in total. The lowest BCUT2D eigenvalue weighted by molar-refractivity contribution is -0.120. The van der Waals surface area contributed by atoms with Crippen molar-refractivity contribution in [2.75, 3.05) is 13.2 Å². The van der Waals surface area contributed by atoms with E-state index in [1.54, 1.807) is 0 Å². The number of carbonyl (C=O) groups excluding carboxylic acids is 1. The summed E-state index contributed by atoms with van der Waals surface area (Å²) in [5, 5.41) is 12.1. The Morgan fingerprint density at radius 1 is 1.40 bits per heavy atom. The Labute approximate surface area is 120 Å². The third-order valence-electron chi connectivity index (χ3n) is 3.64. The molecule has 110 valence electrons. The number of ether oxygens (including phenoxy) is 1. The lowest BCUT2D eigenvalue weighted by atomic mass is 10.1. The van der Waals surface area contributed by atoms with Crippen molar-refractivity contribution >= 4 is 5.91 Å². The first-order valence-electron chi connectivity index (χ1n) is 7.17. The van der Waals surface area contributed by atoms with Gasteiger partial charge in [-0.3, -0.25) is 4.79 Å². The van der Waals surface area contributed by atoms with Gasteiger partial charge in [0, 0.05) is 17.5 Å². The SMILES string of the molecule is CC(C)Oc1ccccc1CC(=O)NCC1(CO)CC1. The van der Waals surface area contributed by atoms with E-state index in [9.17, 15) is 9.90 Å². The zero-order valence-corrected chi connectivity index (χ0v) is 12.2. The number of aliphatic hydroxyl groups excluding tert-OH is 1. The predicted octanol–water partition coefficient (Wildman–Crippen LogP) is 1.91.